The first-order valence-corrected chi connectivity index (χ1v) is 10.4. The molecule has 1 amide bonds. The summed E-state index contributed by atoms with van der Waals surface area (Å²) in [5, 5.41) is 4.47. The number of rotatable bonds is 8. The average Bonchev–Trinajstić information content (AvgIpc) is 2.75. The van der Waals surface area contributed by atoms with Crippen LogP contribution in [0.15, 0.2) is 88.9 Å². The van der Waals surface area contributed by atoms with Crippen molar-refractivity contribution in [3.05, 3.63) is 95.0 Å². The SMILES string of the molecule is CC(Sc1ccc(Cl)cc1)C(=O)N/N=C/c1ccccc1OCc1ccccc1. The normalized spacial score (nSPS) is 11.9. The summed E-state index contributed by atoms with van der Waals surface area (Å²) in [6.07, 6.45) is 1.60. The maximum atomic E-state index is 12.3. The van der Waals surface area contributed by atoms with E-state index in [0.29, 0.717) is 17.4 Å². The Balaban J connectivity index is 1.55. The highest BCUT2D eigenvalue weighted by Crippen LogP contribution is 2.24. The van der Waals surface area contributed by atoms with Crippen molar-refractivity contribution in [2.75, 3.05) is 0 Å². The van der Waals surface area contributed by atoms with E-state index in [-0.39, 0.29) is 11.2 Å². The van der Waals surface area contributed by atoms with Gasteiger partial charge in [-0.15, -0.1) is 11.8 Å². The molecule has 0 saturated heterocycles. The lowest BCUT2D eigenvalue weighted by Gasteiger charge is -2.10. The minimum Gasteiger partial charge on any atom is -0.488 e. The van der Waals surface area contributed by atoms with Gasteiger partial charge in [-0.05, 0) is 48.9 Å². The Morgan fingerprint density at radius 2 is 1.76 bits per heavy atom. The fourth-order valence-corrected chi connectivity index (χ4v) is 3.47. The molecule has 3 aromatic carbocycles. The van der Waals surface area contributed by atoms with Crippen LogP contribution in [0.25, 0.3) is 0 Å². The highest BCUT2D eigenvalue weighted by Gasteiger charge is 2.13. The molecule has 3 rings (SSSR count). The first-order chi connectivity index (χ1) is 14.1. The molecule has 0 bridgehead atoms. The molecule has 3 aromatic rings. The first-order valence-electron chi connectivity index (χ1n) is 9.13. The number of amides is 1. The molecule has 1 atom stereocenters. The monoisotopic (exact) mass is 424 g/mol. The standard InChI is InChI=1S/C23H21ClN2O2S/c1-17(29-21-13-11-20(24)12-14-21)23(27)26-25-15-19-9-5-6-10-22(19)28-16-18-7-3-2-4-8-18/h2-15,17H,16H2,1H3,(H,26,27)/b25-15+. The van der Waals surface area contributed by atoms with E-state index in [1.807, 2.05) is 73.7 Å². The predicted molar refractivity (Wildman–Crippen MR) is 120 cm³/mol. The minimum absolute atomic E-state index is 0.177. The van der Waals surface area contributed by atoms with Crippen LogP contribution in [0.5, 0.6) is 5.75 Å². The Bertz CT molecular complexity index is 962. The molecule has 4 nitrogen and oxygen atoms in total. The fourth-order valence-electron chi connectivity index (χ4n) is 2.48. The lowest BCUT2D eigenvalue weighted by Crippen LogP contribution is -2.26. The van der Waals surface area contributed by atoms with Gasteiger partial charge in [0.2, 0.25) is 0 Å². The number of hydrogen-bond donors (Lipinski definition) is 1. The third-order valence-electron chi connectivity index (χ3n) is 4.03. The third kappa shape index (κ3) is 6.66. The lowest BCUT2D eigenvalue weighted by molar-refractivity contribution is -0.120. The smallest absolute Gasteiger partial charge is 0.253 e. The Labute approximate surface area is 179 Å². The van der Waals surface area contributed by atoms with Gasteiger partial charge in [0.15, 0.2) is 0 Å². The van der Waals surface area contributed by atoms with E-state index in [0.717, 1.165) is 16.0 Å². The van der Waals surface area contributed by atoms with Crippen molar-refractivity contribution < 1.29 is 9.53 Å². The molecule has 0 heterocycles. The number of nitrogens with one attached hydrogen (secondary N) is 1. The molecule has 1 unspecified atom stereocenters. The van der Waals surface area contributed by atoms with E-state index >= 15 is 0 Å². The number of nitrogens with zero attached hydrogens (tertiary/aromatic N) is 1. The number of hydrogen-bond acceptors (Lipinski definition) is 4. The molecule has 6 heteroatoms. The summed E-state index contributed by atoms with van der Waals surface area (Å²) in [4.78, 5) is 13.3. The Kier molecular flexibility index (Phi) is 7.73. The third-order valence-corrected chi connectivity index (χ3v) is 5.39. The summed E-state index contributed by atoms with van der Waals surface area (Å²) in [6.45, 7) is 2.30. The lowest BCUT2D eigenvalue weighted by atomic mass is 10.2. The quantitative estimate of drug-likeness (QED) is 0.293. The van der Waals surface area contributed by atoms with Crippen molar-refractivity contribution in [1.29, 1.82) is 0 Å². The molecule has 148 valence electrons. The molecule has 29 heavy (non-hydrogen) atoms. The number of carbonyl (C=O) groups is 1. The van der Waals surface area contributed by atoms with Crippen molar-refractivity contribution in [3.8, 4) is 5.75 Å². The van der Waals surface area contributed by atoms with E-state index in [9.17, 15) is 4.79 Å². The van der Waals surface area contributed by atoms with Crippen LogP contribution < -0.4 is 10.2 Å². The number of benzene rings is 3. The van der Waals surface area contributed by atoms with Crippen LogP contribution in [0, 0.1) is 0 Å². The van der Waals surface area contributed by atoms with Gasteiger partial charge in [0.25, 0.3) is 5.91 Å². The first kappa shape index (κ1) is 21.0. The summed E-state index contributed by atoms with van der Waals surface area (Å²) in [7, 11) is 0. The van der Waals surface area contributed by atoms with E-state index in [2.05, 4.69) is 10.5 Å². The van der Waals surface area contributed by atoms with E-state index < -0.39 is 0 Å². The molecule has 0 saturated carbocycles. The molecule has 0 radical (unpaired) electrons. The van der Waals surface area contributed by atoms with E-state index in [4.69, 9.17) is 16.3 Å². The second kappa shape index (κ2) is 10.7. The van der Waals surface area contributed by atoms with Crippen LogP contribution in [-0.4, -0.2) is 17.4 Å². The zero-order valence-electron chi connectivity index (χ0n) is 15.9. The van der Waals surface area contributed by atoms with Crippen molar-refractivity contribution in [2.45, 2.75) is 23.7 Å². The summed E-state index contributed by atoms with van der Waals surface area (Å²) < 4.78 is 5.90. The summed E-state index contributed by atoms with van der Waals surface area (Å²) >= 11 is 7.34. The average molecular weight is 425 g/mol. The highest BCUT2D eigenvalue weighted by atomic mass is 35.5. The van der Waals surface area contributed by atoms with Crippen LogP contribution in [0.2, 0.25) is 5.02 Å². The summed E-state index contributed by atoms with van der Waals surface area (Å²) in [5.74, 6) is 0.529. The van der Waals surface area contributed by atoms with Gasteiger partial charge in [0.1, 0.15) is 12.4 Å². The van der Waals surface area contributed by atoms with E-state index in [1.54, 1.807) is 18.3 Å². The Morgan fingerprint density at radius 3 is 2.52 bits per heavy atom. The molecule has 0 aromatic heterocycles. The zero-order valence-corrected chi connectivity index (χ0v) is 17.5. The Hall–Kier alpha value is -2.76. The van der Waals surface area contributed by atoms with Gasteiger partial charge < -0.3 is 4.74 Å². The van der Waals surface area contributed by atoms with Crippen molar-refractivity contribution in [1.82, 2.24) is 5.43 Å². The minimum atomic E-state index is -0.294. The van der Waals surface area contributed by atoms with Crippen LogP contribution in [0.3, 0.4) is 0 Å². The molecule has 0 aliphatic carbocycles. The van der Waals surface area contributed by atoms with E-state index in [1.165, 1.54) is 11.8 Å². The second-order valence-corrected chi connectivity index (χ2v) is 8.11. The molecular weight excluding hydrogens is 404 g/mol. The predicted octanol–water partition coefficient (Wildman–Crippen LogP) is 5.55. The van der Waals surface area contributed by atoms with Crippen LogP contribution >= 0.6 is 23.4 Å². The van der Waals surface area contributed by atoms with Crippen LogP contribution in [-0.2, 0) is 11.4 Å². The number of thioether (sulfide) groups is 1. The van der Waals surface area contributed by atoms with Crippen molar-refractivity contribution in [2.24, 2.45) is 5.10 Å². The summed E-state index contributed by atoms with van der Waals surface area (Å²) in [6, 6.07) is 24.9. The van der Waals surface area contributed by atoms with Crippen LogP contribution in [0.1, 0.15) is 18.1 Å². The van der Waals surface area contributed by atoms with Gasteiger partial charge in [0, 0.05) is 15.5 Å². The Morgan fingerprint density at radius 1 is 1.07 bits per heavy atom. The summed E-state index contributed by atoms with van der Waals surface area (Å²) in [5.41, 5.74) is 4.47. The number of halogens is 1. The number of ether oxygens (including phenoxy) is 1. The van der Waals surface area contributed by atoms with Gasteiger partial charge in [-0.25, -0.2) is 5.43 Å². The zero-order chi connectivity index (χ0) is 20.5. The topological polar surface area (TPSA) is 50.7 Å². The maximum Gasteiger partial charge on any atom is 0.253 e. The van der Waals surface area contributed by atoms with Crippen molar-refractivity contribution in [3.63, 3.8) is 0 Å². The van der Waals surface area contributed by atoms with Gasteiger partial charge in [-0.2, -0.15) is 5.10 Å². The largest absolute Gasteiger partial charge is 0.488 e. The molecule has 0 spiro atoms. The molecular formula is C23H21ClN2O2S. The second-order valence-electron chi connectivity index (χ2n) is 6.26. The number of carbonyl (C=O) groups excluding carboxylic acids is 1. The number of para-hydroxylation sites is 1. The molecule has 0 aliphatic rings. The molecule has 1 N–H and O–H groups in total. The van der Waals surface area contributed by atoms with Crippen LogP contribution in [0.4, 0.5) is 0 Å². The van der Waals surface area contributed by atoms with Crippen molar-refractivity contribution >= 4 is 35.5 Å². The van der Waals surface area contributed by atoms with Gasteiger partial charge in [0.05, 0.1) is 11.5 Å². The maximum absolute atomic E-state index is 12.3. The molecule has 0 aliphatic heterocycles. The fraction of sp³-hybridized carbons (Fsp3) is 0.130. The van der Waals surface area contributed by atoms with Gasteiger partial charge in [-0.1, -0.05) is 54.1 Å². The molecule has 0 fully saturated rings. The van der Waals surface area contributed by atoms with Gasteiger partial charge in [-0.3, -0.25) is 4.79 Å². The van der Waals surface area contributed by atoms with Gasteiger partial charge >= 0.3 is 0 Å². The highest BCUT2D eigenvalue weighted by molar-refractivity contribution is 8.00. The number of hydrazone groups is 1.